The van der Waals surface area contributed by atoms with Crippen LogP contribution in [0.2, 0.25) is 0 Å². The Morgan fingerprint density at radius 1 is 1.08 bits per heavy atom. The van der Waals surface area contributed by atoms with Gasteiger partial charge >= 0.3 is 0 Å². The average molecular weight is 496 g/mol. The molecule has 4 atom stereocenters. The highest BCUT2D eigenvalue weighted by Gasteiger charge is 2.42. The minimum atomic E-state index is -0.620. The summed E-state index contributed by atoms with van der Waals surface area (Å²) in [5.74, 6) is -0.238. The number of carbonyl (C=O) groups is 3. The van der Waals surface area contributed by atoms with E-state index in [4.69, 9.17) is 0 Å². The number of carbonyl (C=O) groups excluding carboxylic acids is 3. The molecule has 1 aliphatic heterocycles. The zero-order valence-electron chi connectivity index (χ0n) is 22.4. The first-order chi connectivity index (χ1) is 17.2. The van der Waals surface area contributed by atoms with E-state index in [2.05, 4.69) is 29.1 Å². The van der Waals surface area contributed by atoms with Crippen LogP contribution >= 0.6 is 0 Å². The van der Waals surface area contributed by atoms with E-state index in [0.717, 1.165) is 31.2 Å². The van der Waals surface area contributed by atoms with Gasteiger partial charge in [0.25, 0.3) is 0 Å². The number of hydrogen-bond acceptors (Lipinski definition) is 3. The van der Waals surface area contributed by atoms with Crippen LogP contribution in [0.1, 0.15) is 71.3 Å². The molecule has 0 radical (unpaired) electrons. The summed E-state index contributed by atoms with van der Waals surface area (Å²) in [6.07, 6.45) is 9.15. The van der Waals surface area contributed by atoms with Gasteiger partial charge in [0, 0.05) is 18.5 Å². The van der Waals surface area contributed by atoms with Crippen LogP contribution in [-0.2, 0) is 20.8 Å². The van der Waals surface area contributed by atoms with Gasteiger partial charge in [0.1, 0.15) is 6.04 Å². The van der Waals surface area contributed by atoms with Crippen molar-refractivity contribution in [3.05, 3.63) is 61.2 Å². The van der Waals surface area contributed by atoms with Crippen LogP contribution in [0.4, 0.5) is 0 Å². The molecular weight excluding hydrogens is 450 g/mol. The van der Waals surface area contributed by atoms with Crippen molar-refractivity contribution in [1.29, 1.82) is 0 Å². The molecule has 0 aromatic heterocycles. The quantitative estimate of drug-likeness (QED) is 0.229. The third-order valence-corrected chi connectivity index (χ3v) is 6.99. The second kappa shape index (κ2) is 14.6. The predicted molar refractivity (Wildman–Crippen MR) is 146 cm³/mol. The number of benzene rings is 1. The molecule has 2 rings (SSSR count). The summed E-state index contributed by atoms with van der Waals surface area (Å²) >= 11 is 0. The van der Waals surface area contributed by atoms with E-state index in [9.17, 15) is 14.4 Å². The largest absolute Gasteiger partial charge is 0.356 e. The molecule has 4 unspecified atom stereocenters. The molecule has 0 aliphatic carbocycles. The van der Waals surface area contributed by atoms with Crippen molar-refractivity contribution in [2.45, 2.75) is 84.2 Å². The first-order valence-electron chi connectivity index (χ1n) is 13.4. The maximum atomic E-state index is 13.4. The summed E-state index contributed by atoms with van der Waals surface area (Å²) in [4.78, 5) is 39.3. The van der Waals surface area contributed by atoms with Crippen molar-refractivity contribution < 1.29 is 14.4 Å². The summed E-state index contributed by atoms with van der Waals surface area (Å²) in [5.41, 5.74) is 0.578. The lowest BCUT2D eigenvalue weighted by molar-refractivity contribution is -0.132. The summed E-state index contributed by atoms with van der Waals surface area (Å²) in [7, 11) is 0. The first-order valence-corrected chi connectivity index (χ1v) is 13.4. The molecule has 0 spiro atoms. The number of unbranched alkanes of at least 4 members (excludes halogenated alkanes) is 1. The lowest BCUT2D eigenvalue weighted by Gasteiger charge is -2.30. The molecule has 198 valence electrons. The van der Waals surface area contributed by atoms with Crippen molar-refractivity contribution in [1.82, 2.24) is 16.0 Å². The van der Waals surface area contributed by atoms with Gasteiger partial charge in [0.05, 0.1) is 5.41 Å². The van der Waals surface area contributed by atoms with Crippen molar-refractivity contribution in [3.63, 3.8) is 0 Å². The van der Waals surface area contributed by atoms with Crippen LogP contribution in [0.15, 0.2) is 55.6 Å². The normalized spacial score (nSPS) is 19.7. The molecular formula is C30H45N3O3. The van der Waals surface area contributed by atoms with Gasteiger partial charge in [-0.1, -0.05) is 56.3 Å². The zero-order chi connectivity index (χ0) is 26.6. The van der Waals surface area contributed by atoms with Gasteiger partial charge in [0.2, 0.25) is 17.7 Å². The molecule has 1 aliphatic rings. The Morgan fingerprint density at radius 2 is 1.81 bits per heavy atom. The molecule has 1 aromatic carbocycles. The summed E-state index contributed by atoms with van der Waals surface area (Å²) in [5, 5.41) is 9.07. The predicted octanol–water partition coefficient (Wildman–Crippen LogP) is 4.71. The van der Waals surface area contributed by atoms with E-state index in [-0.39, 0.29) is 35.6 Å². The summed E-state index contributed by atoms with van der Waals surface area (Å²) in [6.45, 7) is 14.3. The lowest BCUT2D eigenvalue weighted by atomic mass is 9.77. The highest BCUT2D eigenvalue weighted by atomic mass is 16.2. The van der Waals surface area contributed by atoms with Gasteiger partial charge in [-0.2, -0.15) is 0 Å². The number of hydrogen-bond donors (Lipinski definition) is 3. The third-order valence-electron chi connectivity index (χ3n) is 6.99. The second-order valence-electron chi connectivity index (χ2n) is 10.7. The summed E-state index contributed by atoms with van der Waals surface area (Å²) < 4.78 is 0. The van der Waals surface area contributed by atoms with Crippen LogP contribution in [0.25, 0.3) is 0 Å². The molecule has 3 N–H and O–H groups in total. The van der Waals surface area contributed by atoms with Crippen LogP contribution in [0.5, 0.6) is 0 Å². The number of allylic oxidation sites excluding steroid dienone is 2. The van der Waals surface area contributed by atoms with E-state index in [0.29, 0.717) is 32.2 Å². The SMILES string of the molecule is C=CCCCC(Cc1ccccc1)C(=O)NC(CC(C)C)C(=O)NC(C)CC1(CC=C)CCNC1=O. The molecule has 1 fully saturated rings. The fourth-order valence-corrected chi connectivity index (χ4v) is 5.17. The molecule has 6 nitrogen and oxygen atoms in total. The molecule has 3 amide bonds. The van der Waals surface area contributed by atoms with E-state index in [1.54, 1.807) is 6.08 Å². The summed E-state index contributed by atoms with van der Waals surface area (Å²) in [6, 6.07) is 9.17. The van der Waals surface area contributed by atoms with E-state index >= 15 is 0 Å². The highest BCUT2D eigenvalue weighted by molar-refractivity contribution is 5.89. The topological polar surface area (TPSA) is 87.3 Å². The third kappa shape index (κ3) is 8.96. The Hall–Kier alpha value is -2.89. The first kappa shape index (κ1) is 29.3. The maximum absolute atomic E-state index is 13.4. The fourth-order valence-electron chi connectivity index (χ4n) is 5.17. The van der Waals surface area contributed by atoms with Crippen molar-refractivity contribution in [3.8, 4) is 0 Å². The number of nitrogens with one attached hydrogen (secondary N) is 3. The van der Waals surface area contributed by atoms with E-state index < -0.39 is 11.5 Å². The standard InChI is InChI=1S/C30H45N3O3/c1-6-8-10-15-25(20-24-13-11-9-12-14-24)27(34)33-26(19-22(3)4)28(35)32-23(5)21-30(16-7-2)17-18-31-29(30)36/h6-7,9,11-14,22-23,25-26H,1-2,8,10,15-21H2,3-5H3,(H,31,36)(H,32,35)(H,33,34). The van der Waals surface area contributed by atoms with Gasteiger partial charge in [-0.25, -0.2) is 0 Å². The van der Waals surface area contributed by atoms with Crippen LogP contribution in [-0.4, -0.2) is 36.3 Å². The van der Waals surface area contributed by atoms with Gasteiger partial charge in [-0.05, 0) is 69.8 Å². The Kier molecular flexibility index (Phi) is 11.9. The molecule has 36 heavy (non-hydrogen) atoms. The Balaban J connectivity index is 2.09. The second-order valence-corrected chi connectivity index (χ2v) is 10.7. The Bertz CT molecular complexity index is 883. The Morgan fingerprint density at radius 3 is 2.39 bits per heavy atom. The van der Waals surface area contributed by atoms with Gasteiger partial charge < -0.3 is 16.0 Å². The molecule has 1 heterocycles. The van der Waals surface area contributed by atoms with Crippen molar-refractivity contribution in [2.75, 3.05) is 6.54 Å². The number of rotatable bonds is 16. The minimum absolute atomic E-state index is 0.0267. The lowest BCUT2D eigenvalue weighted by Crippen LogP contribution is -2.52. The zero-order valence-corrected chi connectivity index (χ0v) is 22.4. The van der Waals surface area contributed by atoms with Crippen LogP contribution < -0.4 is 16.0 Å². The van der Waals surface area contributed by atoms with Gasteiger partial charge in [-0.15, -0.1) is 13.2 Å². The molecule has 1 saturated heterocycles. The van der Waals surface area contributed by atoms with Crippen LogP contribution in [0, 0.1) is 17.3 Å². The Labute approximate surface area is 217 Å². The molecule has 6 heteroatoms. The van der Waals surface area contributed by atoms with E-state index in [1.165, 1.54) is 0 Å². The average Bonchev–Trinajstić information content (AvgIpc) is 3.17. The van der Waals surface area contributed by atoms with Crippen LogP contribution in [0.3, 0.4) is 0 Å². The monoisotopic (exact) mass is 495 g/mol. The highest BCUT2D eigenvalue weighted by Crippen LogP contribution is 2.36. The maximum Gasteiger partial charge on any atom is 0.242 e. The van der Waals surface area contributed by atoms with Gasteiger partial charge in [-0.3, -0.25) is 14.4 Å². The van der Waals surface area contributed by atoms with Crippen molar-refractivity contribution in [2.24, 2.45) is 17.3 Å². The molecule has 1 aromatic rings. The van der Waals surface area contributed by atoms with Crippen molar-refractivity contribution >= 4 is 17.7 Å². The number of amides is 3. The molecule has 0 saturated carbocycles. The van der Waals surface area contributed by atoms with Gasteiger partial charge in [0.15, 0.2) is 0 Å². The fraction of sp³-hybridized carbons (Fsp3) is 0.567. The minimum Gasteiger partial charge on any atom is -0.356 e. The molecule has 0 bridgehead atoms. The van der Waals surface area contributed by atoms with E-state index in [1.807, 2.05) is 57.2 Å². The smallest absolute Gasteiger partial charge is 0.242 e.